The van der Waals surface area contributed by atoms with Crippen molar-refractivity contribution in [3.8, 4) is 5.75 Å². The second-order valence-electron chi connectivity index (χ2n) is 5.08. The lowest BCUT2D eigenvalue weighted by Crippen LogP contribution is -2.25. The number of carbonyl (C=O) groups excluding carboxylic acids is 1. The van der Waals surface area contributed by atoms with Crippen molar-refractivity contribution in [2.75, 3.05) is 0 Å². The Morgan fingerprint density at radius 3 is 2.71 bits per heavy atom. The van der Waals surface area contributed by atoms with Gasteiger partial charge in [0.1, 0.15) is 17.6 Å². The van der Waals surface area contributed by atoms with Crippen molar-refractivity contribution < 1.29 is 9.53 Å². The van der Waals surface area contributed by atoms with Crippen molar-refractivity contribution in [2.24, 2.45) is 0 Å². The fraction of sp³-hybridized carbons (Fsp3) is 0.533. The van der Waals surface area contributed by atoms with Gasteiger partial charge in [-0.2, -0.15) is 0 Å². The normalized spacial score (nSPS) is 20.4. The lowest BCUT2D eigenvalue weighted by atomic mass is 9.96. The molecular weight excluding hydrogens is 212 g/mol. The van der Waals surface area contributed by atoms with E-state index < -0.39 is 0 Å². The highest BCUT2D eigenvalue weighted by atomic mass is 16.5. The fourth-order valence-electron chi connectivity index (χ4n) is 2.39. The zero-order valence-electron chi connectivity index (χ0n) is 10.9. The number of aryl methyl sites for hydroxylation is 2. The zero-order chi connectivity index (χ0) is 12.4. The summed E-state index contributed by atoms with van der Waals surface area (Å²) in [6.45, 7) is 6.25. The van der Waals surface area contributed by atoms with Crippen LogP contribution in [0.3, 0.4) is 0 Å². The second kappa shape index (κ2) is 4.91. The molecule has 0 aromatic heterocycles. The molecule has 1 aromatic carbocycles. The van der Waals surface area contributed by atoms with E-state index in [1.807, 2.05) is 0 Å². The quantitative estimate of drug-likeness (QED) is 0.780. The SMILES string of the molecule is Cc1cc(C)c(C)c(OC2CCCC(=O)C2)c1. The molecule has 0 saturated heterocycles. The van der Waals surface area contributed by atoms with E-state index >= 15 is 0 Å². The van der Waals surface area contributed by atoms with Crippen LogP contribution >= 0.6 is 0 Å². The molecule has 0 radical (unpaired) electrons. The molecule has 1 aromatic rings. The van der Waals surface area contributed by atoms with Gasteiger partial charge in [-0.1, -0.05) is 6.07 Å². The largest absolute Gasteiger partial charge is 0.490 e. The summed E-state index contributed by atoms with van der Waals surface area (Å²) in [5.41, 5.74) is 3.65. The monoisotopic (exact) mass is 232 g/mol. The summed E-state index contributed by atoms with van der Waals surface area (Å²) in [7, 11) is 0. The number of hydrogen-bond acceptors (Lipinski definition) is 2. The Bertz CT molecular complexity index is 435. The summed E-state index contributed by atoms with van der Waals surface area (Å²) in [6, 6.07) is 4.23. The maximum atomic E-state index is 11.4. The highest BCUT2D eigenvalue weighted by molar-refractivity contribution is 5.79. The summed E-state index contributed by atoms with van der Waals surface area (Å²) in [6.07, 6.45) is 3.35. The molecule has 2 nitrogen and oxygen atoms in total. The standard InChI is InChI=1S/C15H20O2/c1-10-7-11(2)12(3)15(8-10)17-14-6-4-5-13(16)9-14/h7-8,14H,4-6,9H2,1-3H3. The topological polar surface area (TPSA) is 26.3 Å². The lowest BCUT2D eigenvalue weighted by molar-refractivity contribution is -0.122. The second-order valence-corrected chi connectivity index (χ2v) is 5.08. The molecule has 0 heterocycles. The number of ether oxygens (including phenoxy) is 1. The Morgan fingerprint density at radius 1 is 1.24 bits per heavy atom. The van der Waals surface area contributed by atoms with E-state index in [-0.39, 0.29) is 6.10 Å². The molecule has 17 heavy (non-hydrogen) atoms. The molecule has 1 aliphatic carbocycles. The number of rotatable bonds is 2. The van der Waals surface area contributed by atoms with E-state index in [4.69, 9.17) is 4.74 Å². The van der Waals surface area contributed by atoms with Crippen LogP contribution in [0.25, 0.3) is 0 Å². The van der Waals surface area contributed by atoms with E-state index in [2.05, 4.69) is 32.9 Å². The molecule has 92 valence electrons. The van der Waals surface area contributed by atoms with Gasteiger partial charge in [-0.05, 0) is 56.4 Å². The molecular formula is C15H20O2. The van der Waals surface area contributed by atoms with Crippen LogP contribution in [-0.2, 0) is 4.79 Å². The molecule has 1 atom stereocenters. The number of carbonyl (C=O) groups is 1. The first-order valence-corrected chi connectivity index (χ1v) is 6.32. The average molecular weight is 232 g/mol. The summed E-state index contributed by atoms with van der Waals surface area (Å²) in [4.78, 5) is 11.4. The first-order valence-electron chi connectivity index (χ1n) is 6.32. The van der Waals surface area contributed by atoms with Gasteiger partial charge in [0.05, 0.1) is 0 Å². The van der Waals surface area contributed by atoms with Crippen molar-refractivity contribution in [3.63, 3.8) is 0 Å². The Hall–Kier alpha value is -1.31. The molecule has 0 aliphatic heterocycles. The van der Waals surface area contributed by atoms with Crippen molar-refractivity contribution in [1.29, 1.82) is 0 Å². The molecule has 0 amide bonds. The predicted molar refractivity (Wildman–Crippen MR) is 68.5 cm³/mol. The van der Waals surface area contributed by atoms with Crippen LogP contribution in [0.2, 0.25) is 0 Å². The third kappa shape index (κ3) is 2.87. The molecule has 1 unspecified atom stereocenters. The molecule has 2 heteroatoms. The minimum Gasteiger partial charge on any atom is -0.490 e. The Morgan fingerprint density at radius 2 is 2.00 bits per heavy atom. The minimum atomic E-state index is 0.0798. The Kier molecular flexibility index (Phi) is 3.51. The summed E-state index contributed by atoms with van der Waals surface area (Å²) in [5.74, 6) is 1.28. The van der Waals surface area contributed by atoms with E-state index in [0.29, 0.717) is 12.2 Å². The molecule has 1 fully saturated rings. The predicted octanol–water partition coefficient (Wildman–Crippen LogP) is 3.50. The first kappa shape index (κ1) is 12.2. The Balaban J connectivity index is 2.15. The van der Waals surface area contributed by atoms with E-state index in [9.17, 15) is 4.79 Å². The minimum absolute atomic E-state index is 0.0798. The number of Topliss-reactive ketones (excluding diaryl/α,β-unsaturated/α-hetero) is 1. The van der Waals surface area contributed by atoms with Gasteiger partial charge in [0, 0.05) is 12.8 Å². The van der Waals surface area contributed by atoms with Crippen molar-refractivity contribution in [3.05, 3.63) is 28.8 Å². The van der Waals surface area contributed by atoms with Gasteiger partial charge in [-0.25, -0.2) is 0 Å². The van der Waals surface area contributed by atoms with Crippen molar-refractivity contribution >= 4 is 5.78 Å². The highest BCUT2D eigenvalue weighted by Crippen LogP contribution is 2.27. The van der Waals surface area contributed by atoms with Crippen LogP contribution in [0.5, 0.6) is 5.75 Å². The van der Waals surface area contributed by atoms with Crippen LogP contribution in [-0.4, -0.2) is 11.9 Å². The van der Waals surface area contributed by atoms with Crippen LogP contribution in [0.4, 0.5) is 0 Å². The molecule has 1 aliphatic rings. The fourth-order valence-corrected chi connectivity index (χ4v) is 2.39. The molecule has 0 bridgehead atoms. The maximum absolute atomic E-state index is 11.4. The lowest BCUT2D eigenvalue weighted by Gasteiger charge is -2.24. The van der Waals surface area contributed by atoms with E-state index in [0.717, 1.165) is 25.0 Å². The third-order valence-corrected chi connectivity index (χ3v) is 3.49. The third-order valence-electron chi connectivity index (χ3n) is 3.49. The van der Waals surface area contributed by atoms with Gasteiger partial charge in [0.15, 0.2) is 0 Å². The van der Waals surface area contributed by atoms with Crippen LogP contribution in [0.1, 0.15) is 42.4 Å². The molecule has 2 rings (SSSR count). The molecule has 1 saturated carbocycles. The van der Waals surface area contributed by atoms with Crippen LogP contribution in [0, 0.1) is 20.8 Å². The van der Waals surface area contributed by atoms with Gasteiger partial charge < -0.3 is 4.74 Å². The Labute approximate surface area is 103 Å². The van der Waals surface area contributed by atoms with E-state index in [1.165, 1.54) is 16.7 Å². The van der Waals surface area contributed by atoms with Gasteiger partial charge in [0.25, 0.3) is 0 Å². The number of hydrogen-bond donors (Lipinski definition) is 0. The molecule has 0 N–H and O–H groups in total. The number of benzene rings is 1. The van der Waals surface area contributed by atoms with Crippen LogP contribution < -0.4 is 4.74 Å². The van der Waals surface area contributed by atoms with E-state index in [1.54, 1.807) is 0 Å². The zero-order valence-corrected chi connectivity index (χ0v) is 10.9. The van der Waals surface area contributed by atoms with Crippen molar-refractivity contribution in [2.45, 2.75) is 52.6 Å². The van der Waals surface area contributed by atoms with Gasteiger partial charge >= 0.3 is 0 Å². The highest BCUT2D eigenvalue weighted by Gasteiger charge is 2.21. The summed E-state index contributed by atoms with van der Waals surface area (Å²) in [5, 5.41) is 0. The maximum Gasteiger partial charge on any atom is 0.136 e. The van der Waals surface area contributed by atoms with Crippen molar-refractivity contribution in [1.82, 2.24) is 0 Å². The first-order chi connectivity index (χ1) is 8.06. The van der Waals surface area contributed by atoms with Gasteiger partial charge in [0.2, 0.25) is 0 Å². The smallest absolute Gasteiger partial charge is 0.136 e. The molecule has 0 spiro atoms. The van der Waals surface area contributed by atoms with Gasteiger partial charge in [-0.15, -0.1) is 0 Å². The number of ketones is 1. The summed E-state index contributed by atoms with van der Waals surface area (Å²) >= 11 is 0. The van der Waals surface area contributed by atoms with Gasteiger partial charge in [-0.3, -0.25) is 4.79 Å². The average Bonchev–Trinajstić information content (AvgIpc) is 2.25. The van der Waals surface area contributed by atoms with Crippen LogP contribution in [0.15, 0.2) is 12.1 Å². The summed E-state index contributed by atoms with van der Waals surface area (Å²) < 4.78 is 6.00.